The normalized spacial score (nSPS) is 10.5. The number of hydrogen-bond donors (Lipinski definition) is 3. The summed E-state index contributed by atoms with van der Waals surface area (Å²) in [5, 5.41) is 3.44. The minimum atomic E-state index is -0.554. The number of nitrogens with two attached hydrogens (primary N) is 1. The monoisotopic (exact) mass is 361 g/mol. The van der Waals surface area contributed by atoms with Crippen LogP contribution in [0.15, 0.2) is 39.9 Å². The summed E-state index contributed by atoms with van der Waals surface area (Å²) < 4.78 is 1.37. The maximum absolute atomic E-state index is 12.2. The van der Waals surface area contributed by atoms with Gasteiger partial charge in [0.25, 0.3) is 5.56 Å². The molecule has 1 heterocycles. The Kier molecular flexibility index (Phi) is 6.35. The SMILES string of the molecule is CCCCn1c(N)c(N(C)C(=S)NCc2ccccc2)c(=O)[nH]c1=O. The molecule has 7 nitrogen and oxygen atoms in total. The van der Waals surface area contributed by atoms with Gasteiger partial charge in [-0.25, -0.2) is 4.79 Å². The number of nitrogens with one attached hydrogen (secondary N) is 2. The van der Waals surface area contributed by atoms with E-state index in [2.05, 4.69) is 10.3 Å². The summed E-state index contributed by atoms with van der Waals surface area (Å²) in [5.74, 6) is 0.119. The van der Waals surface area contributed by atoms with Crippen molar-refractivity contribution in [3.63, 3.8) is 0 Å². The van der Waals surface area contributed by atoms with Gasteiger partial charge >= 0.3 is 5.69 Å². The summed E-state index contributed by atoms with van der Waals surface area (Å²) in [6.07, 6.45) is 1.70. The molecule has 0 atom stereocenters. The summed E-state index contributed by atoms with van der Waals surface area (Å²) in [7, 11) is 1.65. The number of rotatable bonds is 6. The maximum Gasteiger partial charge on any atom is 0.330 e. The van der Waals surface area contributed by atoms with Crippen LogP contribution >= 0.6 is 12.2 Å². The Morgan fingerprint density at radius 2 is 2.00 bits per heavy atom. The molecule has 0 fully saturated rings. The zero-order chi connectivity index (χ0) is 18.4. The van der Waals surface area contributed by atoms with Gasteiger partial charge in [0.15, 0.2) is 5.11 Å². The number of nitrogen functional groups attached to an aromatic ring is 1. The summed E-state index contributed by atoms with van der Waals surface area (Å²) in [6, 6.07) is 9.77. The number of anilines is 2. The molecule has 0 unspecified atom stereocenters. The molecule has 0 amide bonds. The number of nitrogens with zero attached hydrogens (tertiary/aromatic N) is 2. The van der Waals surface area contributed by atoms with Crippen LogP contribution in [0.5, 0.6) is 0 Å². The molecule has 0 radical (unpaired) electrons. The van der Waals surface area contributed by atoms with Crippen molar-refractivity contribution in [1.82, 2.24) is 14.9 Å². The second-order valence-corrected chi connectivity index (χ2v) is 6.09. The maximum atomic E-state index is 12.2. The number of benzene rings is 1. The van der Waals surface area contributed by atoms with Gasteiger partial charge in [0, 0.05) is 20.1 Å². The average molecular weight is 361 g/mol. The molecule has 0 spiro atoms. The highest BCUT2D eigenvalue weighted by Gasteiger charge is 2.18. The third-order valence-electron chi connectivity index (χ3n) is 3.88. The predicted octanol–water partition coefficient (Wildman–Crippen LogP) is 1.43. The lowest BCUT2D eigenvalue weighted by atomic mass is 10.2. The molecule has 0 saturated heterocycles. The number of H-pyrrole nitrogens is 1. The third-order valence-corrected chi connectivity index (χ3v) is 4.29. The highest BCUT2D eigenvalue weighted by Crippen LogP contribution is 2.15. The molecule has 1 aromatic heterocycles. The molecule has 8 heteroatoms. The van der Waals surface area contributed by atoms with Crippen molar-refractivity contribution >= 4 is 28.8 Å². The molecule has 2 aromatic rings. The molecule has 1 aromatic carbocycles. The van der Waals surface area contributed by atoms with E-state index in [1.54, 1.807) is 7.05 Å². The van der Waals surface area contributed by atoms with Gasteiger partial charge in [0.1, 0.15) is 11.5 Å². The Labute approximate surface area is 151 Å². The standard InChI is InChI=1S/C17H23N5O2S/c1-3-4-10-22-14(18)13(15(23)20-16(22)24)21(2)17(25)19-11-12-8-6-5-7-9-12/h5-9H,3-4,10-11,18H2,1-2H3,(H,19,25)(H,20,23,24). The van der Waals surface area contributed by atoms with E-state index in [4.69, 9.17) is 18.0 Å². The lowest BCUT2D eigenvalue weighted by molar-refractivity contribution is 0.605. The van der Waals surface area contributed by atoms with Crippen molar-refractivity contribution in [2.24, 2.45) is 0 Å². The largest absolute Gasteiger partial charge is 0.383 e. The Balaban J connectivity index is 2.22. The van der Waals surface area contributed by atoms with Gasteiger partial charge in [-0.1, -0.05) is 43.7 Å². The zero-order valence-electron chi connectivity index (χ0n) is 14.4. The van der Waals surface area contributed by atoms with Crippen LogP contribution in [0.1, 0.15) is 25.3 Å². The molecule has 25 heavy (non-hydrogen) atoms. The van der Waals surface area contributed by atoms with Crippen molar-refractivity contribution in [2.75, 3.05) is 17.7 Å². The molecule has 0 saturated carbocycles. The van der Waals surface area contributed by atoms with Gasteiger partial charge < -0.3 is 16.0 Å². The lowest BCUT2D eigenvalue weighted by Crippen LogP contribution is -2.43. The van der Waals surface area contributed by atoms with Crippen LogP contribution in [0.25, 0.3) is 0 Å². The van der Waals surface area contributed by atoms with Gasteiger partial charge in [-0.3, -0.25) is 14.3 Å². The lowest BCUT2D eigenvalue weighted by Gasteiger charge is -2.23. The highest BCUT2D eigenvalue weighted by molar-refractivity contribution is 7.80. The first-order chi connectivity index (χ1) is 12.0. The molecule has 0 aliphatic heterocycles. The van der Waals surface area contributed by atoms with Gasteiger partial charge in [-0.2, -0.15) is 0 Å². The number of thiocarbonyl (C=S) groups is 1. The summed E-state index contributed by atoms with van der Waals surface area (Å²) in [4.78, 5) is 28.0. The Bertz CT molecular complexity index is 844. The van der Waals surface area contributed by atoms with Crippen LogP contribution in [-0.2, 0) is 13.1 Å². The van der Waals surface area contributed by atoms with E-state index in [9.17, 15) is 9.59 Å². The van der Waals surface area contributed by atoms with Crippen molar-refractivity contribution in [3.05, 3.63) is 56.7 Å². The smallest absolute Gasteiger partial charge is 0.330 e. The van der Waals surface area contributed by atoms with Crippen molar-refractivity contribution in [3.8, 4) is 0 Å². The van der Waals surface area contributed by atoms with Gasteiger partial charge in [-0.15, -0.1) is 0 Å². The fourth-order valence-corrected chi connectivity index (χ4v) is 2.60. The average Bonchev–Trinajstić information content (AvgIpc) is 2.60. The summed E-state index contributed by atoms with van der Waals surface area (Å²) in [5.41, 5.74) is 6.26. The van der Waals surface area contributed by atoms with Gasteiger partial charge in [0.2, 0.25) is 0 Å². The van der Waals surface area contributed by atoms with Gasteiger partial charge in [-0.05, 0) is 24.2 Å². The van der Waals surface area contributed by atoms with E-state index in [1.807, 2.05) is 37.3 Å². The Morgan fingerprint density at radius 1 is 1.32 bits per heavy atom. The highest BCUT2D eigenvalue weighted by atomic mass is 32.1. The van der Waals surface area contributed by atoms with Gasteiger partial charge in [0.05, 0.1) is 0 Å². The minimum absolute atomic E-state index is 0.119. The van der Waals surface area contributed by atoms with Crippen molar-refractivity contribution < 1.29 is 0 Å². The second-order valence-electron chi connectivity index (χ2n) is 5.70. The molecular formula is C17H23N5O2S. The number of unbranched alkanes of at least 4 members (excludes halogenated alkanes) is 1. The first-order valence-electron chi connectivity index (χ1n) is 8.13. The number of aromatic nitrogens is 2. The van der Waals surface area contributed by atoms with Crippen molar-refractivity contribution in [1.29, 1.82) is 0 Å². The summed E-state index contributed by atoms with van der Waals surface area (Å²) in [6.45, 7) is 2.99. The molecule has 0 aliphatic carbocycles. The van der Waals surface area contributed by atoms with E-state index in [0.29, 0.717) is 18.2 Å². The first kappa shape index (κ1) is 18.7. The van der Waals surface area contributed by atoms with Crippen LogP contribution in [0.4, 0.5) is 11.5 Å². The van der Waals surface area contributed by atoms with Crippen LogP contribution in [-0.4, -0.2) is 21.7 Å². The summed E-state index contributed by atoms with van der Waals surface area (Å²) >= 11 is 5.36. The number of hydrogen-bond acceptors (Lipinski definition) is 4. The van der Waals surface area contributed by atoms with E-state index < -0.39 is 11.2 Å². The van der Waals surface area contributed by atoms with Crippen LogP contribution in [0.2, 0.25) is 0 Å². The third kappa shape index (κ3) is 4.48. The van der Waals surface area contributed by atoms with E-state index in [0.717, 1.165) is 18.4 Å². The van der Waals surface area contributed by atoms with Crippen LogP contribution in [0, 0.1) is 0 Å². The Morgan fingerprint density at radius 3 is 2.64 bits per heavy atom. The molecule has 0 bridgehead atoms. The van der Waals surface area contributed by atoms with E-state index in [-0.39, 0.29) is 11.5 Å². The van der Waals surface area contributed by atoms with E-state index in [1.165, 1.54) is 9.47 Å². The number of aromatic amines is 1. The van der Waals surface area contributed by atoms with E-state index >= 15 is 0 Å². The van der Waals surface area contributed by atoms with Crippen LogP contribution < -0.4 is 27.2 Å². The van der Waals surface area contributed by atoms with Crippen molar-refractivity contribution in [2.45, 2.75) is 32.9 Å². The fraction of sp³-hybridized carbons (Fsp3) is 0.353. The first-order valence-corrected chi connectivity index (χ1v) is 8.54. The molecule has 4 N–H and O–H groups in total. The van der Waals surface area contributed by atoms with Crippen LogP contribution in [0.3, 0.4) is 0 Å². The zero-order valence-corrected chi connectivity index (χ0v) is 15.2. The fourth-order valence-electron chi connectivity index (χ4n) is 2.43. The molecule has 134 valence electrons. The molecule has 0 aliphatic rings. The Hall–Kier alpha value is -2.61. The quantitative estimate of drug-likeness (QED) is 0.674. The molecular weight excluding hydrogens is 338 g/mol. The minimum Gasteiger partial charge on any atom is -0.383 e. The second kappa shape index (κ2) is 8.48. The predicted molar refractivity (Wildman–Crippen MR) is 105 cm³/mol. The topological polar surface area (TPSA) is 96.2 Å². The molecule has 2 rings (SSSR count).